The van der Waals surface area contributed by atoms with Crippen LogP contribution in [0.1, 0.15) is 40.5 Å². The summed E-state index contributed by atoms with van der Waals surface area (Å²) >= 11 is 0. The van der Waals surface area contributed by atoms with E-state index in [1.54, 1.807) is 0 Å². The molecule has 14 heavy (non-hydrogen) atoms. The molecule has 0 aromatic rings. The summed E-state index contributed by atoms with van der Waals surface area (Å²) in [5, 5.41) is 0. The van der Waals surface area contributed by atoms with Gasteiger partial charge in [0, 0.05) is 12.1 Å². The fourth-order valence-electron chi connectivity index (χ4n) is 1.66. The predicted molar refractivity (Wildman–Crippen MR) is 59.1 cm³/mol. The van der Waals surface area contributed by atoms with E-state index in [0.717, 1.165) is 6.54 Å². The minimum absolute atomic E-state index is 0.0907. The second kappa shape index (κ2) is 4.60. The summed E-state index contributed by atoms with van der Waals surface area (Å²) < 4.78 is 0. The molecule has 2 atom stereocenters. The van der Waals surface area contributed by atoms with E-state index in [1.165, 1.54) is 12.8 Å². The summed E-state index contributed by atoms with van der Waals surface area (Å²) in [6.45, 7) is 9.63. The van der Waals surface area contributed by atoms with Crippen LogP contribution >= 0.6 is 0 Å². The maximum Gasteiger partial charge on any atom is 0.0813 e. The van der Waals surface area contributed by atoms with E-state index in [1.807, 2.05) is 0 Å². The first-order valence-electron chi connectivity index (χ1n) is 5.52. The quantitative estimate of drug-likeness (QED) is 0.688. The van der Waals surface area contributed by atoms with Crippen LogP contribution in [0.2, 0.25) is 0 Å². The third-order valence-corrected chi connectivity index (χ3v) is 2.74. The van der Waals surface area contributed by atoms with Crippen LogP contribution in [-0.4, -0.2) is 36.2 Å². The molecule has 0 spiro atoms. The Morgan fingerprint density at radius 1 is 1.36 bits per heavy atom. The van der Waals surface area contributed by atoms with Gasteiger partial charge in [-0.15, -0.1) is 0 Å². The summed E-state index contributed by atoms with van der Waals surface area (Å²) in [5.41, 5.74) is 3.10. The topological polar surface area (TPSA) is 24.5 Å². The van der Waals surface area contributed by atoms with Gasteiger partial charge >= 0.3 is 0 Å². The molecule has 3 heteroatoms. The van der Waals surface area contributed by atoms with E-state index in [4.69, 9.17) is 4.84 Å². The van der Waals surface area contributed by atoms with Crippen molar-refractivity contribution in [3.63, 3.8) is 0 Å². The van der Waals surface area contributed by atoms with Crippen molar-refractivity contribution >= 4 is 0 Å². The standard InChI is InChI=1S/C11H24N2O/c1-9-8-10(6-7-13(9)5)12-14-11(2,3)4/h9-10,12H,6-8H2,1-5H3. The van der Waals surface area contributed by atoms with E-state index < -0.39 is 0 Å². The van der Waals surface area contributed by atoms with Crippen molar-refractivity contribution in [2.75, 3.05) is 13.6 Å². The van der Waals surface area contributed by atoms with E-state index in [-0.39, 0.29) is 5.60 Å². The van der Waals surface area contributed by atoms with Gasteiger partial charge < -0.3 is 4.90 Å². The number of hydrogen-bond donors (Lipinski definition) is 1. The van der Waals surface area contributed by atoms with Crippen molar-refractivity contribution in [2.45, 2.75) is 58.2 Å². The fourth-order valence-corrected chi connectivity index (χ4v) is 1.66. The number of nitrogens with zero attached hydrogens (tertiary/aromatic N) is 1. The number of nitrogens with one attached hydrogen (secondary N) is 1. The summed E-state index contributed by atoms with van der Waals surface area (Å²) in [4.78, 5) is 7.98. The van der Waals surface area contributed by atoms with E-state index in [2.05, 4.69) is 45.1 Å². The van der Waals surface area contributed by atoms with Gasteiger partial charge in [-0.3, -0.25) is 4.84 Å². The summed E-state index contributed by atoms with van der Waals surface area (Å²) in [6, 6.07) is 1.17. The molecule has 0 aromatic carbocycles. The first-order chi connectivity index (χ1) is 6.38. The maximum absolute atomic E-state index is 5.58. The molecule has 1 heterocycles. The smallest absolute Gasteiger partial charge is 0.0813 e. The highest BCUT2D eigenvalue weighted by Crippen LogP contribution is 2.16. The molecule has 0 aromatic heterocycles. The zero-order chi connectivity index (χ0) is 10.8. The van der Waals surface area contributed by atoms with Gasteiger partial charge in [-0.05, 0) is 54.1 Å². The minimum atomic E-state index is -0.0907. The third-order valence-electron chi connectivity index (χ3n) is 2.74. The molecular weight excluding hydrogens is 176 g/mol. The SMILES string of the molecule is CC1CC(NOC(C)(C)C)CCN1C. The average Bonchev–Trinajstić information content (AvgIpc) is 2.06. The zero-order valence-electron chi connectivity index (χ0n) is 10.1. The van der Waals surface area contributed by atoms with E-state index >= 15 is 0 Å². The van der Waals surface area contributed by atoms with Gasteiger partial charge in [0.15, 0.2) is 0 Å². The van der Waals surface area contributed by atoms with E-state index in [0.29, 0.717) is 12.1 Å². The van der Waals surface area contributed by atoms with Crippen LogP contribution in [0, 0.1) is 0 Å². The number of likely N-dealkylation sites (tertiary alicyclic amines) is 1. The second-order valence-electron chi connectivity index (χ2n) is 5.38. The molecular formula is C11H24N2O. The summed E-state index contributed by atoms with van der Waals surface area (Å²) in [6.07, 6.45) is 2.35. The van der Waals surface area contributed by atoms with Gasteiger partial charge in [-0.1, -0.05) is 0 Å². The molecule has 0 saturated carbocycles. The molecule has 84 valence electrons. The lowest BCUT2D eigenvalue weighted by Gasteiger charge is -2.36. The fraction of sp³-hybridized carbons (Fsp3) is 1.00. The van der Waals surface area contributed by atoms with Crippen molar-refractivity contribution in [2.24, 2.45) is 0 Å². The van der Waals surface area contributed by atoms with Crippen LogP contribution in [0.25, 0.3) is 0 Å². The van der Waals surface area contributed by atoms with Crippen molar-refractivity contribution in [3.8, 4) is 0 Å². The number of hydroxylamine groups is 1. The van der Waals surface area contributed by atoms with Crippen LogP contribution in [0.3, 0.4) is 0 Å². The molecule has 1 fully saturated rings. The lowest BCUT2D eigenvalue weighted by molar-refractivity contribution is -0.0974. The van der Waals surface area contributed by atoms with Crippen molar-refractivity contribution in [1.29, 1.82) is 0 Å². The highest BCUT2D eigenvalue weighted by molar-refractivity contribution is 4.79. The summed E-state index contributed by atoms with van der Waals surface area (Å²) in [7, 11) is 2.19. The lowest BCUT2D eigenvalue weighted by Crippen LogP contribution is -2.47. The van der Waals surface area contributed by atoms with Gasteiger partial charge in [-0.25, -0.2) is 0 Å². The van der Waals surface area contributed by atoms with Crippen molar-refractivity contribution < 1.29 is 4.84 Å². The van der Waals surface area contributed by atoms with Gasteiger partial charge in [0.2, 0.25) is 0 Å². The molecule has 1 saturated heterocycles. The highest BCUT2D eigenvalue weighted by atomic mass is 16.7. The molecule has 2 unspecified atom stereocenters. The maximum atomic E-state index is 5.58. The number of piperidine rings is 1. The monoisotopic (exact) mass is 200 g/mol. The Kier molecular flexibility index (Phi) is 3.93. The highest BCUT2D eigenvalue weighted by Gasteiger charge is 2.24. The Morgan fingerprint density at radius 3 is 2.50 bits per heavy atom. The van der Waals surface area contributed by atoms with Gasteiger partial charge in [0.25, 0.3) is 0 Å². The van der Waals surface area contributed by atoms with Crippen LogP contribution in [-0.2, 0) is 4.84 Å². The Labute approximate surface area is 87.8 Å². The zero-order valence-corrected chi connectivity index (χ0v) is 10.1. The molecule has 0 bridgehead atoms. The summed E-state index contributed by atoms with van der Waals surface area (Å²) in [5.74, 6) is 0. The lowest BCUT2D eigenvalue weighted by atomic mass is 10.00. The molecule has 1 aliphatic rings. The molecule has 3 nitrogen and oxygen atoms in total. The first-order valence-corrected chi connectivity index (χ1v) is 5.52. The second-order valence-corrected chi connectivity index (χ2v) is 5.38. The predicted octanol–water partition coefficient (Wildman–Crippen LogP) is 1.79. The Balaban J connectivity index is 2.27. The van der Waals surface area contributed by atoms with Crippen LogP contribution in [0.4, 0.5) is 0 Å². The van der Waals surface area contributed by atoms with E-state index in [9.17, 15) is 0 Å². The van der Waals surface area contributed by atoms with Crippen molar-refractivity contribution in [3.05, 3.63) is 0 Å². The van der Waals surface area contributed by atoms with Gasteiger partial charge in [-0.2, -0.15) is 5.48 Å². The van der Waals surface area contributed by atoms with Gasteiger partial charge in [0.1, 0.15) is 0 Å². The Bertz CT molecular complexity index is 177. The molecule has 0 aliphatic carbocycles. The van der Waals surface area contributed by atoms with Crippen molar-refractivity contribution in [1.82, 2.24) is 10.4 Å². The van der Waals surface area contributed by atoms with Gasteiger partial charge in [0.05, 0.1) is 5.60 Å². The largest absolute Gasteiger partial charge is 0.304 e. The molecule has 1 rings (SSSR count). The molecule has 0 radical (unpaired) electrons. The Hall–Kier alpha value is -0.120. The molecule has 1 N–H and O–H groups in total. The van der Waals surface area contributed by atoms with Crippen LogP contribution in [0.5, 0.6) is 0 Å². The van der Waals surface area contributed by atoms with Crippen LogP contribution < -0.4 is 5.48 Å². The molecule has 1 aliphatic heterocycles. The average molecular weight is 200 g/mol. The third kappa shape index (κ3) is 3.95. The number of rotatable bonds is 2. The van der Waals surface area contributed by atoms with Crippen LogP contribution in [0.15, 0.2) is 0 Å². The molecule has 0 amide bonds. The number of hydrogen-bond acceptors (Lipinski definition) is 3. The Morgan fingerprint density at radius 2 is 2.00 bits per heavy atom. The minimum Gasteiger partial charge on any atom is -0.304 e. The first kappa shape index (κ1) is 12.0. The normalized spacial score (nSPS) is 30.6.